The van der Waals surface area contributed by atoms with E-state index in [9.17, 15) is 13.9 Å². The second-order valence-corrected chi connectivity index (χ2v) is 6.83. The van der Waals surface area contributed by atoms with E-state index in [1.54, 1.807) is 0 Å². The topological polar surface area (TPSA) is 200 Å². The first kappa shape index (κ1) is 18.0. The Morgan fingerprint density at radius 1 is 1.05 bits per heavy atom. The number of aliphatic imine (C=N–C) groups is 1. The van der Waals surface area contributed by atoms with Crippen LogP contribution in [0.4, 0.5) is 0 Å². The lowest BCUT2D eigenvalue weighted by Crippen LogP contribution is -2.33. The van der Waals surface area contributed by atoms with Gasteiger partial charge in [0.1, 0.15) is 12.6 Å². The van der Waals surface area contributed by atoms with E-state index in [-0.39, 0.29) is 18.9 Å². The standard InChI is InChI=1S/C6H16N4O7P2/c7-6(8)9-2-1-5(11)10(3-18(12,13)14)4-19(15,16)17/h1-4H2,(H4,7,8,9)(H2,12,13,14)(H2,15,16,17). The number of hydrogen-bond acceptors (Lipinski definition) is 4. The summed E-state index contributed by atoms with van der Waals surface area (Å²) in [5.74, 6) is -1.15. The Hall–Kier alpha value is -0.960. The first-order valence-electron chi connectivity index (χ1n) is 4.83. The Labute approximate surface area is 108 Å². The van der Waals surface area contributed by atoms with Crippen LogP contribution in [0.3, 0.4) is 0 Å². The molecule has 0 unspecified atom stereocenters. The van der Waals surface area contributed by atoms with E-state index in [1.807, 2.05) is 0 Å². The fourth-order valence-electron chi connectivity index (χ4n) is 1.09. The van der Waals surface area contributed by atoms with Gasteiger partial charge in [-0.15, -0.1) is 0 Å². The van der Waals surface area contributed by atoms with Gasteiger partial charge in [0.2, 0.25) is 5.91 Å². The summed E-state index contributed by atoms with van der Waals surface area (Å²) in [4.78, 5) is 50.4. The average molecular weight is 318 g/mol. The number of carbonyl (C=O) groups excluding carboxylic acids is 1. The fourth-order valence-corrected chi connectivity index (χ4v) is 2.65. The molecule has 0 aliphatic heterocycles. The Balaban J connectivity index is 4.73. The number of nitrogens with two attached hydrogens (primary N) is 2. The zero-order chi connectivity index (χ0) is 15.3. The Morgan fingerprint density at radius 3 is 1.79 bits per heavy atom. The first-order valence-corrected chi connectivity index (χ1v) is 8.42. The molecule has 0 aliphatic carbocycles. The van der Waals surface area contributed by atoms with Crippen LogP contribution in [0.5, 0.6) is 0 Å². The predicted octanol–water partition coefficient (Wildman–Crippen LogP) is -2.25. The van der Waals surface area contributed by atoms with Crippen LogP contribution in [-0.4, -0.2) is 55.5 Å². The molecule has 0 radical (unpaired) electrons. The molecule has 0 spiro atoms. The summed E-state index contributed by atoms with van der Waals surface area (Å²) in [6, 6.07) is 0. The smallest absolute Gasteiger partial charge is 0.344 e. The van der Waals surface area contributed by atoms with E-state index < -0.39 is 33.7 Å². The number of amides is 1. The van der Waals surface area contributed by atoms with E-state index in [1.165, 1.54) is 0 Å². The highest BCUT2D eigenvalue weighted by molar-refractivity contribution is 7.52. The Morgan fingerprint density at radius 2 is 1.47 bits per heavy atom. The van der Waals surface area contributed by atoms with E-state index in [0.717, 1.165) is 0 Å². The Bertz CT molecular complexity index is 413. The van der Waals surface area contributed by atoms with E-state index in [4.69, 9.17) is 31.0 Å². The van der Waals surface area contributed by atoms with Gasteiger partial charge in [0.05, 0.1) is 6.54 Å². The maximum absolute atomic E-state index is 11.6. The monoisotopic (exact) mass is 318 g/mol. The van der Waals surface area contributed by atoms with E-state index >= 15 is 0 Å². The van der Waals surface area contributed by atoms with Gasteiger partial charge in [-0.05, 0) is 0 Å². The van der Waals surface area contributed by atoms with Gasteiger partial charge in [0.15, 0.2) is 5.96 Å². The summed E-state index contributed by atoms with van der Waals surface area (Å²) in [7, 11) is -9.27. The lowest BCUT2D eigenvalue weighted by Gasteiger charge is -2.23. The van der Waals surface area contributed by atoms with Crippen molar-refractivity contribution < 1.29 is 33.5 Å². The number of nitrogens with zero attached hydrogens (tertiary/aromatic N) is 2. The van der Waals surface area contributed by atoms with Gasteiger partial charge >= 0.3 is 15.2 Å². The normalized spacial score (nSPS) is 12.0. The second kappa shape index (κ2) is 6.99. The SMILES string of the molecule is NC(N)=NCCC(=O)N(CP(=O)(O)O)CP(=O)(O)O. The van der Waals surface area contributed by atoms with Gasteiger partial charge in [-0.3, -0.25) is 18.9 Å². The third-order valence-electron chi connectivity index (χ3n) is 1.68. The van der Waals surface area contributed by atoms with E-state index in [2.05, 4.69) is 4.99 Å². The molecule has 0 bridgehead atoms. The molecule has 112 valence electrons. The quantitative estimate of drug-likeness (QED) is 0.170. The zero-order valence-corrected chi connectivity index (χ0v) is 11.6. The van der Waals surface area contributed by atoms with Crippen LogP contribution < -0.4 is 11.5 Å². The molecule has 0 aromatic carbocycles. The third kappa shape index (κ3) is 10.6. The van der Waals surface area contributed by atoms with Crippen molar-refractivity contribution in [3.63, 3.8) is 0 Å². The summed E-state index contributed by atoms with van der Waals surface area (Å²) in [5, 5.41) is 0. The molecular formula is C6H16N4O7P2. The molecular weight excluding hydrogens is 302 g/mol. The van der Waals surface area contributed by atoms with Gasteiger partial charge in [-0.1, -0.05) is 0 Å². The summed E-state index contributed by atoms with van der Waals surface area (Å²) >= 11 is 0. The maximum atomic E-state index is 11.6. The molecule has 19 heavy (non-hydrogen) atoms. The van der Waals surface area contributed by atoms with Crippen LogP contribution >= 0.6 is 15.2 Å². The lowest BCUT2D eigenvalue weighted by atomic mass is 10.4. The number of rotatable bonds is 7. The van der Waals surface area contributed by atoms with Gasteiger partial charge in [-0.2, -0.15) is 0 Å². The van der Waals surface area contributed by atoms with Crippen molar-refractivity contribution in [1.29, 1.82) is 0 Å². The molecule has 0 heterocycles. The maximum Gasteiger partial charge on any atom is 0.344 e. The largest absolute Gasteiger partial charge is 0.370 e. The van der Waals surface area contributed by atoms with Crippen LogP contribution in [0.1, 0.15) is 6.42 Å². The highest BCUT2D eigenvalue weighted by Gasteiger charge is 2.28. The molecule has 11 nitrogen and oxygen atoms in total. The summed E-state index contributed by atoms with van der Waals surface area (Å²) in [5.41, 5.74) is 10.0. The van der Waals surface area contributed by atoms with Crippen molar-refractivity contribution in [2.24, 2.45) is 16.5 Å². The molecule has 0 aliphatic rings. The summed E-state index contributed by atoms with van der Waals surface area (Å²) in [6.07, 6.45) is -2.50. The molecule has 0 atom stereocenters. The molecule has 0 saturated heterocycles. The Kier molecular flexibility index (Phi) is 6.64. The van der Waals surface area contributed by atoms with Gasteiger partial charge < -0.3 is 35.9 Å². The van der Waals surface area contributed by atoms with Crippen LogP contribution in [0.2, 0.25) is 0 Å². The number of carbonyl (C=O) groups is 1. The highest BCUT2D eigenvalue weighted by atomic mass is 31.2. The molecule has 8 N–H and O–H groups in total. The van der Waals surface area contributed by atoms with Crippen molar-refractivity contribution in [3.8, 4) is 0 Å². The van der Waals surface area contributed by atoms with Crippen molar-refractivity contribution in [2.75, 3.05) is 19.1 Å². The van der Waals surface area contributed by atoms with Gasteiger partial charge in [-0.25, -0.2) is 0 Å². The van der Waals surface area contributed by atoms with Gasteiger partial charge in [0, 0.05) is 6.42 Å². The fraction of sp³-hybridized carbons (Fsp3) is 0.667. The molecule has 0 saturated carbocycles. The second-order valence-electron chi connectivity index (χ2n) is 3.60. The van der Waals surface area contributed by atoms with Gasteiger partial charge in [0.25, 0.3) is 0 Å². The minimum absolute atomic E-state index is 0.153. The first-order chi connectivity index (χ1) is 8.41. The molecule has 0 aromatic heterocycles. The number of guanidine groups is 1. The van der Waals surface area contributed by atoms with E-state index in [0.29, 0.717) is 4.90 Å². The zero-order valence-electron chi connectivity index (χ0n) is 9.79. The van der Waals surface area contributed by atoms with Crippen LogP contribution in [0, 0.1) is 0 Å². The molecule has 1 amide bonds. The summed E-state index contributed by atoms with van der Waals surface area (Å²) in [6.45, 7) is -0.153. The van der Waals surface area contributed by atoms with Crippen LogP contribution in [0.25, 0.3) is 0 Å². The van der Waals surface area contributed by atoms with Crippen molar-refractivity contribution in [3.05, 3.63) is 0 Å². The summed E-state index contributed by atoms with van der Waals surface area (Å²) < 4.78 is 21.6. The predicted molar refractivity (Wildman–Crippen MR) is 66.0 cm³/mol. The molecule has 0 aromatic rings. The minimum Gasteiger partial charge on any atom is -0.370 e. The van der Waals surface area contributed by atoms with Crippen molar-refractivity contribution >= 4 is 27.1 Å². The average Bonchev–Trinajstić information content (AvgIpc) is 2.11. The lowest BCUT2D eigenvalue weighted by molar-refractivity contribution is -0.129. The molecule has 0 fully saturated rings. The molecule has 13 heteroatoms. The molecule has 0 rings (SSSR count). The van der Waals surface area contributed by atoms with Crippen LogP contribution in [-0.2, 0) is 13.9 Å². The van der Waals surface area contributed by atoms with Crippen molar-refractivity contribution in [2.45, 2.75) is 6.42 Å². The highest BCUT2D eigenvalue weighted by Crippen LogP contribution is 2.40. The third-order valence-corrected chi connectivity index (χ3v) is 3.10. The van der Waals surface area contributed by atoms with Crippen molar-refractivity contribution in [1.82, 2.24) is 4.90 Å². The van der Waals surface area contributed by atoms with Crippen LogP contribution in [0.15, 0.2) is 4.99 Å². The minimum atomic E-state index is -4.64. The number of hydrogen-bond donors (Lipinski definition) is 6.